The van der Waals surface area contributed by atoms with Gasteiger partial charge >= 0.3 is 0 Å². The monoisotopic (exact) mass is 167 g/mol. The summed E-state index contributed by atoms with van der Waals surface area (Å²) in [5.74, 6) is 0.653. The average molecular weight is 167 g/mol. The third-order valence-electron chi connectivity index (χ3n) is 2.08. The Balaban J connectivity index is 4.02. The van der Waals surface area contributed by atoms with E-state index in [9.17, 15) is 0 Å². The van der Waals surface area contributed by atoms with Crippen LogP contribution in [-0.4, -0.2) is 12.3 Å². The molecule has 0 radical (unpaired) electrons. The van der Waals surface area contributed by atoms with Crippen LogP contribution in [0, 0.1) is 5.92 Å². The van der Waals surface area contributed by atoms with Crippen molar-refractivity contribution in [1.82, 2.24) is 0 Å². The van der Waals surface area contributed by atoms with E-state index in [-0.39, 0.29) is 0 Å². The Morgan fingerprint density at radius 1 is 1.50 bits per heavy atom. The Morgan fingerprint density at radius 2 is 2.17 bits per heavy atom. The minimum absolute atomic E-state index is 0.653. The molecule has 70 valence electrons. The fourth-order valence-electron chi connectivity index (χ4n) is 1.40. The summed E-state index contributed by atoms with van der Waals surface area (Å²) >= 11 is 0. The number of rotatable bonds is 6. The van der Waals surface area contributed by atoms with Crippen LogP contribution < -0.4 is 0 Å². The second-order valence-corrected chi connectivity index (χ2v) is 3.16. The van der Waals surface area contributed by atoms with Crippen LogP contribution in [0.2, 0.25) is 0 Å². The lowest BCUT2D eigenvalue weighted by atomic mass is 9.98. The maximum Gasteiger partial charge on any atom is 0.0567 e. The van der Waals surface area contributed by atoms with Crippen molar-refractivity contribution in [2.75, 3.05) is 6.54 Å². The van der Waals surface area contributed by atoms with Gasteiger partial charge in [0, 0.05) is 5.71 Å². The molecular weight excluding hydrogens is 146 g/mol. The van der Waals surface area contributed by atoms with Crippen molar-refractivity contribution in [3.05, 3.63) is 12.7 Å². The Bertz CT molecular complexity index is 147. The first kappa shape index (κ1) is 11.4. The van der Waals surface area contributed by atoms with E-state index < -0.39 is 0 Å². The van der Waals surface area contributed by atoms with Gasteiger partial charge in [0.15, 0.2) is 0 Å². The van der Waals surface area contributed by atoms with Crippen LogP contribution >= 0.6 is 0 Å². The Kier molecular flexibility index (Phi) is 6.73. The maximum absolute atomic E-state index is 4.48. The van der Waals surface area contributed by atoms with E-state index in [0.717, 1.165) is 13.0 Å². The van der Waals surface area contributed by atoms with Gasteiger partial charge < -0.3 is 0 Å². The van der Waals surface area contributed by atoms with Crippen LogP contribution in [0.4, 0.5) is 0 Å². The summed E-state index contributed by atoms with van der Waals surface area (Å²) in [4.78, 5) is 4.48. The lowest BCUT2D eigenvalue weighted by Crippen LogP contribution is -2.10. The molecule has 1 heteroatoms. The lowest BCUT2D eigenvalue weighted by molar-refractivity contribution is 0.655. The minimum atomic E-state index is 0.653. The molecule has 0 aromatic carbocycles. The molecule has 1 atom stereocenters. The highest BCUT2D eigenvalue weighted by atomic mass is 14.7. The second-order valence-electron chi connectivity index (χ2n) is 3.16. The molecule has 0 aromatic rings. The molecule has 0 rings (SSSR count). The highest BCUT2D eigenvalue weighted by Gasteiger charge is 2.05. The minimum Gasteiger partial charge on any atom is -0.290 e. The van der Waals surface area contributed by atoms with E-state index in [1.54, 1.807) is 0 Å². The van der Waals surface area contributed by atoms with Crippen molar-refractivity contribution < 1.29 is 0 Å². The molecule has 0 amide bonds. The van der Waals surface area contributed by atoms with Crippen molar-refractivity contribution in [3.8, 4) is 0 Å². The van der Waals surface area contributed by atoms with Crippen molar-refractivity contribution in [1.29, 1.82) is 0 Å². The van der Waals surface area contributed by atoms with Gasteiger partial charge in [0.1, 0.15) is 0 Å². The molecule has 0 aliphatic carbocycles. The largest absolute Gasteiger partial charge is 0.290 e. The predicted octanol–water partition coefficient (Wildman–Crippen LogP) is 3.46. The molecule has 1 unspecified atom stereocenters. The smallest absolute Gasteiger partial charge is 0.0567 e. The lowest BCUT2D eigenvalue weighted by Gasteiger charge is -2.11. The molecule has 0 saturated heterocycles. The topological polar surface area (TPSA) is 12.4 Å². The first-order valence-electron chi connectivity index (χ1n) is 4.90. The zero-order valence-electron chi connectivity index (χ0n) is 8.64. The van der Waals surface area contributed by atoms with Gasteiger partial charge in [-0.25, -0.2) is 0 Å². The van der Waals surface area contributed by atoms with Crippen molar-refractivity contribution in [2.24, 2.45) is 10.9 Å². The summed E-state index contributed by atoms with van der Waals surface area (Å²) in [6.45, 7) is 11.1. The van der Waals surface area contributed by atoms with Gasteiger partial charge in [0.25, 0.3) is 0 Å². The van der Waals surface area contributed by atoms with Gasteiger partial charge in [-0.05, 0) is 18.8 Å². The number of aliphatic imine (C=N–C) groups is 1. The maximum atomic E-state index is 4.48. The zero-order valence-corrected chi connectivity index (χ0v) is 8.64. The van der Waals surface area contributed by atoms with E-state index in [1.807, 2.05) is 6.08 Å². The molecule has 0 bridgehead atoms. The number of hydrogen-bond donors (Lipinski definition) is 0. The highest BCUT2D eigenvalue weighted by Crippen LogP contribution is 2.10. The van der Waals surface area contributed by atoms with E-state index >= 15 is 0 Å². The van der Waals surface area contributed by atoms with Crippen LogP contribution in [0.25, 0.3) is 0 Å². The molecule has 0 aromatic heterocycles. The van der Waals surface area contributed by atoms with Crippen molar-refractivity contribution >= 4 is 5.71 Å². The van der Waals surface area contributed by atoms with Crippen LogP contribution in [-0.2, 0) is 0 Å². The van der Waals surface area contributed by atoms with E-state index in [2.05, 4.69) is 32.3 Å². The van der Waals surface area contributed by atoms with E-state index in [1.165, 1.54) is 18.6 Å². The van der Waals surface area contributed by atoms with E-state index in [4.69, 9.17) is 0 Å². The highest BCUT2D eigenvalue weighted by molar-refractivity contribution is 5.86. The van der Waals surface area contributed by atoms with Gasteiger partial charge in [-0.15, -0.1) is 6.58 Å². The van der Waals surface area contributed by atoms with Gasteiger partial charge in [-0.2, -0.15) is 0 Å². The molecule has 0 aliphatic heterocycles. The van der Waals surface area contributed by atoms with Gasteiger partial charge in [-0.1, -0.05) is 33.3 Å². The molecule has 0 fully saturated rings. The SMILES string of the molecule is C=CCN=C(CC)C(C)CCC. The van der Waals surface area contributed by atoms with Crippen molar-refractivity contribution in [3.63, 3.8) is 0 Å². The van der Waals surface area contributed by atoms with E-state index in [0.29, 0.717) is 5.92 Å². The number of nitrogens with zero attached hydrogens (tertiary/aromatic N) is 1. The Labute approximate surface area is 76.6 Å². The molecule has 12 heavy (non-hydrogen) atoms. The predicted molar refractivity (Wildman–Crippen MR) is 56.9 cm³/mol. The first-order valence-corrected chi connectivity index (χ1v) is 4.90. The zero-order chi connectivity index (χ0) is 9.40. The molecule has 0 heterocycles. The normalized spacial score (nSPS) is 14.4. The van der Waals surface area contributed by atoms with Crippen LogP contribution in [0.3, 0.4) is 0 Å². The average Bonchev–Trinajstić information content (AvgIpc) is 2.06. The van der Waals surface area contributed by atoms with Crippen LogP contribution in [0.1, 0.15) is 40.0 Å². The van der Waals surface area contributed by atoms with Crippen LogP contribution in [0.5, 0.6) is 0 Å². The van der Waals surface area contributed by atoms with Gasteiger partial charge in [0.2, 0.25) is 0 Å². The number of hydrogen-bond acceptors (Lipinski definition) is 1. The third-order valence-corrected chi connectivity index (χ3v) is 2.08. The molecular formula is C11H21N. The molecule has 0 aliphatic rings. The fraction of sp³-hybridized carbons (Fsp3) is 0.727. The first-order chi connectivity index (χ1) is 5.76. The van der Waals surface area contributed by atoms with Gasteiger partial charge in [-0.3, -0.25) is 4.99 Å². The summed E-state index contributed by atoms with van der Waals surface area (Å²) in [6.07, 6.45) is 5.43. The quantitative estimate of drug-likeness (QED) is 0.424. The summed E-state index contributed by atoms with van der Waals surface area (Å²) in [6, 6.07) is 0. The summed E-state index contributed by atoms with van der Waals surface area (Å²) < 4.78 is 0. The molecule has 0 N–H and O–H groups in total. The van der Waals surface area contributed by atoms with Crippen molar-refractivity contribution in [2.45, 2.75) is 40.0 Å². The summed E-state index contributed by atoms with van der Waals surface area (Å²) in [5.41, 5.74) is 1.34. The fourth-order valence-corrected chi connectivity index (χ4v) is 1.40. The third kappa shape index (κ3) is 4.32. The van der Waals surface area contributed by atoms with Gasteiger partial charge in [0.05, 0.1) is 6.54 Å². The second kappa shape index (κ2) is 7.08. The molecule has 0 saturated carbocycles. The Morgan fingerprint density at radius 3 is 2.58 bits per heavy atom. The molecule has 1 nitrogen and oxygen atoms in total. The summed E-state index contributed by atoms with van der Waals surface area (Å²) in [7, 11) is 0. The van der Waals surface area contributed by atoms with Crippen LogP contribution in [0.15, 0.2) is 17.6 Å². The Hall–Kier alpha value is -0.590. The summed E-state index contributed by atoms with van der Waals surface area (Å²) in [5, 5.41) is 0. The molecule has 0 spiro atoms. The standard InChI is InChI=1S/C11H21N/c1-5-8-10(4)11(7-3)12-9-6-2/h6,10H,2,5,7-9H2,1,3-4H3.